The van der Waals surface area contributed by atoms with Crippen molar-refractivity contribution in [1.29, 1.82) is 0 Å². The highest BCUT2D eigenvalue weighted by atomic mass is 16.5. The van der Waals surface area contributed by atoms with Crippen LogP contribution in [0.4, 0.5) is 0 Å². The van der Waals surface area contributed by atoms with E-state index >= 15 is 0 Å². The molecule has 0 spiro atoms. The molecule has 20 heavy (non-hydrogen) atoms. The van der Waals surface area contributed by atoms with Crippen LogP contribution < -0.4 is 0 Å². The van der Waals surface area contributed by atoms with Gasteiger partial charge in [0.15, 0.2) is 0 Å². The number of hydrogen-bond acceptors (Lipinski definition) is 5. The minimum absolute atomic E-state index is 0.107. The lowest BCUT2D eigenvalue weighted by molar-refractivity contribution is -0.147. The van der Waals surface area contributed by atoms with Crippen LogP contribution in [-0.2, 0) is 14.3 Å². The molecule has 0 saturated carbocycles. The fourth-order valence-corrected chi connectivity index (χ4v) is 1.39. The average molecular weight is 292 g/mol. The predicted octanol–water partition coefficient (Wildman–Crippen LogP) is 2.29. The summed E-state index contributed by atoms with van der Waals surface area (Å²) in [6.45, 7) is 7.33. The highest BCUT2D eigenvalue weighted by molar-refractivity contribution is 5.69. The van der Waals surface area contributed by atoms with Crippen LogP contribution in [0.2, 0.25) is 0 Å². The molecule has 0 aliphatic rings. The minimum Gasteiger partial charge on any atom is -0.463 e. The molecule has 0 aromatic rings. The molecule has 1 unspecified atom stereocenters. The van der Waals surface area contributed by atoms with Gasteiger partial charge in [-0.2, -0.15) is 0 Å². The Morgan fingerprint density at radius 3 is 2.10 bits per heavy atom. The van der Waals surface area contributed by atoms with Crippen LogP contribution in [0.25, 0.3) is 0 Å². The Morgan fingerprint density at radius 2 is 1.65 bits per heavy atom. The molecule has 2 N–H and O–H groups in total. The van der Waals surface area contributed by atoms with Gasteiger partial charge in [0.25, 0.3) is 0 Å². The van der Waals surface area contributed by atoms with E-state index in [1.807, 2.05) is 13.8 Å². The van der Waals surface area contributed by atoms with E-state index < -0.39 is 6.10 Å². The molecule has 0 fully saturated rings. The van der Waals surface area contributed by atoms with Gasteiger partial charge in [-0.1, -0.05) is 32.6 Å². The molecule has 0 saturated heterocycles. The van der Waals surface area contributed by atoms with Gasteiger partial charge in [0.2, 0.25) is 0 Å². The van der Waals surface area contributed by atoms with Crippen LogP contribution in [0.15, 0.2) is 0 Å². The Morgan fingerprint density at radius 1 is 1.05 bits per heavy atom. The fraction of sp³-hybridized carbons (Fsp3) is 0.933. The topological polar surface area (TPSA) is 76.0 Å². The van der Waals surface area contributed by atoms with Crippen LogP contribution in [0.3, 0.4) is 0 Å². The second-order valence-corrected chi connectivity index (χ2v) is 4.47. The Kier molecular flexibility index (Phi) is 19.9. The first-order valence-corrected chi connectivity index (χ1v) is 7.64. The van der Waals surface area contributed by atoms with E-state index in [-0.39, 0.29) is 19.2 Å². The summed E-state index contributed by atoms with van der Waals surface area (Å²) in [5, 5.41) is 17.4. The SMILES string of the molecule is CCCCCCCC(=O)OCC(O)CO.CCOCC. The largest absolute Gasteiger partial charge is 0.463 e. The van der Waals surface area contributed by atoms with E-state index in [1.165, 1.54) is 12.8 Å². The van der Waals surface area contributed by atoms with E-state index in [4.69, 9.17) is 19.7 Å². The van der Waals surface area contributed by atoms with Gasteiger partial charge in [-0.25, -0.2) is 0 Å². The monoisotopic (exact) mass is 292 g/mol. The number of aliphatic hydroxyl groups excluding tert-OH is 2. The Labute approximate surface area is 123 Å². The molecule has 0 aliphatic heterocycles. The van der Waals surface area contributed by atoms with E-state index in [2.05, 4.69) is 6.92 Å². The summed E-state index contributed by atoms with van der Waals surface area (Å²) in [5.41, 5.74) is 0. The number of aliphatic hydroxyl groups is 2. The number of esters is 1. The lowest BCUT2D eigenvalue weighted by Crippen LogP contribution is -2.21. The molecule has 5 nitrogen and oxygen atoms in total. The van der Waals surface area contributed by atoms with Gasteiger partial charge in [-0.15, -0.1) is 0 Å². The summed E-state index contributed by atoms with van der Waals surface area (Å²) in [4.78, 5) is 11.1. The molecule has 0 rings (SSSR count). The third kappa shape index (κ3) is 19.7. The molecule has 0 aromatic carbocycles. The van der Waals surface area contributed by atoms with Gasteiger partial charge in [0.1, 0.15) is 12.7 Å². The van der Waals surface area contributed by atoms with E-state index in [9.17, 15) is 4.79 Å². The standard InChI is InChI=1S/C11H22O4.C4H10O/c1-2-3-4-5-6-7-11(14)15-9-10(13)8-12;1-3-5-4-2/h10,12-13H,2-9H2,1H3;3-4H2,1-2H3. The maximum Gasteiger partial charge on any atom is 0.305 e. The maximum atomic E-state index is 11.1. The van der Waals surface area contributed by atoms with Gasteiger partial charge in [0.05, 0.1) is 6.61 Å². The Hall–Kier alpha value is -0.650. The van der Waals surface area contributed by atoms with Crippen molar-refractivity contribution < 1.29 is 24.5 Å². The minimum atomic E-state index is -0.950. The summed E-state index contributed by atoms with van der Waals surface area (Å²) in [6.07, 6.45) is 4.89. The number of ether oxygens (including phenoxy) is 2. The van der Waals surface area contributed by atoms with Gasteiger partial charge in [-0.05, 0) is 20.3 Å². The molecule has 1 atom stereocenters. The van der Waals surface area contributed by atoms with Crippen molar-refractivity contribution in [3.8, 4) is 0 Å². The number of carbonyl (C=O) groups excluding carboxylic acids is 1. The Balaban J connectivity index is 0. The number of hydrogen-bond donors (Lipinski definition) is 2. The third-order valence-electron chi connectivity index (χ3n) is 2.54. The second kappa shape index (κ2) is 18.4. The molecule has 0 aromatic heterocycles. The first-order chi connectivity index (χ1) is 9.62. The van der Waals surface area contributed by atoms with Gasteiger partial charge in [-0.3, -0.25) is 4.79 Å². The molecule has 0 amide bonds. The molecule has 0 radical (unpaired) electrons. The summed E-state index contributed by atoms with van der Waals surface area (Å²) in [6, 6.07) is 0. The number of carbonyl (C=O) groups is 1. The molecular weight excluding hydrogens is 260 g/mol. The van der Waals surface area contributed by atoms with Crippen LogP contribution >= 0.6 is 0 Å². The van der Waals surface area contributed by atoms with Crippen molar-refractivity contribution in [2.24, 2.45) is 0 Å². The van der Waals surface area contributed by atoms with E-state index in [0.717, 1.165) is 32.5 Å². The van der Waals surface area contributed by atoms with Crippen molar-refractivity contribution >= 4 is 5.97 Å². The van der Waals surface area contributed by atoms with Crippen molar-refractivity contribution in [2.75, 3.05) is 26.4 Å². The van der Waals surface area contributed by atoms with Crippen LogP contribution in [0.1, 0.15) is 59.3 Å². The first kappa shape index (κ1) is 21.6. The molecule has 122 valence electrons. The van der Waals surface area contributed by atoms with Crippen molar-refractivity contribution in [2.45, 2.75) is 65.4 Å². The lowest BCUT2D eigenvalue weighted by Gasteiger charge is -2.08. The first-order valence-electron chi connectivity index (χ1n) is 7.64. The summed E-state index contributed by atoms with van der Waals surface area (Å²) in [7, 11) is 0. The normalized spacial score (nSPS) is 11.4. The van der Waals surface area contributed by atoms with Crippen LogP contribution in [0, 0.1) is 0 Å². The van der Waals surface area contributed by atoms with Crippen LogP contribution in [0.5, 0.6) is 0 Å². The molecule has 0 bridgehead atoms. The molecule has 0 aliphatic carbocycles. The zero-order valence-electron chi connectivity index (χ0n) is 13.3. The van der Waals surface area contributed by atoms with Crippen LogP contribution in [-0.4, -0.2) is 48.7 Å². The summed E-state index contributed by atoms with van der Waals surface area (Å²) in [5.74, 6) is -0.293. The zero-order chi connectivity index (χ0) is 15.6. The van der Waals surface area contributed by atoms with E-state index in [1.54, 1.807) is 0 Å². The van der Waals surface area contributed by atoms with Gasteiger partial charge < -0.3 is 19.7 Å². The molecular formula is C15H32O5. The van der Waals surface area contributed by atoms with Gasteiger partial charge in [0, 0.05) is 19.6 Å². The maximum absolute atomic E-state index is 11.1. The quantitative estimate of drug-likeness (QED) is 0.451. The van der Waals surface area contributed by atoms with Gasteiger partial charge >= 0.3 is 5.97 Å². The predicted molar refractivity (Wildman–Crippen MR) is 79.6 cm³/mol. The fourth-order valence-electron chi connectivity index (χ4n) is 1.39. The third-order valence-corrected chi connectivity index (χ3v) is 2.54. The van der Waals surface area contributed by atoms with Crippen molar-refractivity contribution in [3.63, 3.8) is 0 Å². The average Bonchev–Trinajstić information content (AvgIpc) is 2.46. The number of unbranched alkanes of at least 4 members (excludes halogenated alkanes) is 4. The lowest BCUT2D eigenvalue weighted by atomic mass is 10.1. The van der Waals surface area contributed by atoms with Crippen molar-refractivity contribution in [1.82, 2.24) is 0 Å². The highest BCUT2D eigenvalue weighted by Gasteiger charge is 2.06. The molecule has 5 heteroatoms. The highest BCUT2D eigenvalue weighted by Crippen LogP contribution is 2.05. The smallest absolute Gasteiger partial charge is 0.305 e. The van der Waals surface area contributed by atoms with E-state index in [0.29, 0.717) is 6.42 Å². The second-order valence-electron chi connectivity index (χ2n) is 4.47. The Bertz CT molecular complexity index is 195. The van der Waals surface area contributed by atoms with Crippen molar-refractivity contribution in [3.05, 3.63) is 0 Å². The molecule has 0 heterocycles. The zero-order valence-corrected chi connectivity index (χ0v) is 13.3. The number of rotatable bonds is 11. The summed E-state index contributed by atoms with van der Waals surface area (Å²) >= 11 is 0. The summed E-state index contributed by atoms with van der Waals surface area (Å²) < 4.78 is 9.59.